The Labute approximate surface area is 146 Å². The minimum Gasteiger partial charge on any atom is -0.337 e. The van der Waals surface area contributed by atoms with E-state index in [1.54, 1.807) is 18.3 Å². The van der Waals surface area contributed by atoms with Gasteiger partial charge >= 0.3 is 6.03 Å². The molecule has 1 aliphatic carbocycles. The van der Waals surface area contributed by atoms with Gasteiger partial charge in [0.15, 0.2) is 0 Å². The summed E-state index contributed by atoms with van der Waals surface area (Å²) in [6.07, 6.45) is 6.78. The first-order chi connectivity index (χ1) is 12.2. The lowest BCUT2D eigenvalue weighted by molar-refractivity contribution is 0.149. The van der Waals surface area contributed by atoms with Gasteiger partial charge in [-0.3, -0.25) is 5.10 Å². The highest BCUT2D eigenvalue weighted by Crippen LogP contribution is 2.47. The number of rotatable bonds is 4. The molecule has 1 saturated heterocycles. The molecule has 0 spiro atoms. The molecular weight excluding hydrogens is 319 g/mol. The molecule has 2 N–H and O–H groups in total. The van der Waals surface area contributed by atoms with E-state index in [1.165, 1.54) is 6.07 Å². The summed E-state index contributed by atoms with van der Waals surface area (Å²) in [4.78, 5) is 14.7. The molecule has 2 amide bonds. The number of H-pyrrole nitrogens is 1. The summed E-state index contributed by atoms with van der Waals surface area (Å²) in [5.74, 6) is -0.217. The zero-order chi connectivity index (χ0) is 17.3. The van der Waals surface area contributed by atoms with Crippen LogP contribution in [0.15, 0.2) is 36.5 Å². The third-order valence-corrected chi connectivity index (χ3v) is 5.51. The number of likely N-dealkylation sites (tertiary alicyclic amines) is 1. The number of carbonyl (C=O) groups is 1. The number of carbonyl (C=O) groups excluding carboxylic acids is 1. The average Bonchev–Trinajstić information content (AvgIpc) is 3.23. The average molecular weight is 342 g/mol. The van der Waals surface area contributed by atoms with Crippen molar-refractivity contribution in [3.05, 3.63) is 53.6 Å². The Kier molecular flexibility index (Phi) is 4.19. The van der Waals surface area contributed by atoms with Gasteiger partial charge in [-0.1, -0.05) is 12.1 Å². The molecule has 2 aliphatic rings. The Morgan fingerprint density at radius 3 is 2.96 bits per heavy atom. The monoisotopic (exact) mass is 342 g/mol. The van der Waals surface area contributed by atoms with Crippen LogP contribution in [0, 0.1) is 5.82 Å². The smallest absolute Gasteiger partial charge is 0.317 e. The number of hydrogen-bond donors (Lipinski definition) is 2. The van der Waals surface area contributed by atoms with E-state index >= 15 is 0 Å². The highest BCUT2D eigenvalue weighted by atomic mass is 19.1. The number of aromatic nitrogens is 2. The molecule has 1 unspecified atom stereocenters. The second-order valence-corrected chi connectivity index (χ2v) is 7.17. The van der Waals surface area contributed by atoms with Gasteiger partial charge in [0.1, 0.15) is 5.82 Å². The van der Waals surface area contributed by atoms with Gasteiger partial charge in [0.2, 0.25) is 0 Å². The highest BCUT2D eigenvalue weighted by Gasteiger charge is 2.45. The molecule has 132 valence electrons. The Morgan fingerprint density at radius 2 is 2.24 bits per heavy atom. The number of hydrogen-bond acceptors (Lipinski definition) is 2. The van der Waals surface area contributed by atoms with E-state index in [2.05, 4.69) is 15.5 Å². The van der Waals surface area contributed by atoms with Crippen LogP contribution < -0.4 is 5.32 Å². The zero-order valence-electron chi connectivity index (χ0n) is 14.2. The topological polar surface area (TPSA) is 61.0 Å². The number of aromatic amines is 1. The summed E-state index contributed by atoms with van der Waals surface area (Å²) in [7, 11) is 0. The molecule has 2 fully saturated rings. The van der Waals surface area contributed by atoms with Crippen LogP contribution in [0.1, 0.15) is 49.4 Å². The van der Waals surface area contributed by atoms with Crippen LogP contribution in [0.3, 0.4) is 0 Å². The quantitative estimate of drug-likeness (QED) is 0.893. The standard InChI is InChI=1S/C19H23FN4O/c20-15-5-3-4-14(12-15)19(8-9-19)13-21-18(25)24-11-2-1-6-17(24)16-7-10-22-23-16/h3-5,7,10,12,17H,1-2,6,8-9,11,13H2,(H,21,25)(H,22,23). The number of halogens is 1. The van der Waals surface area contributed by atoms with Crippen LogP contribution in [-0.2, 0) is 5.41 Å². The van der Waals surface area contributed by atoms with Crippen molar-refractivity contribution in [3.8, 4) is 0 Å². The predicted octanol–water partition coefficient (Wildman–Crippen LogP) is 3.52. The minimum absolute atomic E-state index is 0.0398. The first kappa shape index (κ1) is 16.1. The van der Waals surface area contributed by atoms with Crippen LogP contribution in [-0.4, -0.2) is 34.2 Å². The molecule has 25 heavy (non-hydrogen) atoms. The SMILES string of the molecule is O=C(NCC1(c2cccc(F)c2)CC1)N1CCCCC1c1ccn[nH]1. The second kappa shape index (κ2) is 6.50. The first-order valence-corrected chi connectivity index (χ1v) is 8.98. The fraction of sp³-hybridized carbons (Fsp3) is 0.474. The van der Waals surface area contributed by atoms with Crippen LogP contribution in [0.25, 0.3) is 0 Å². The third kappa shape index (κ3) is 3.25. The van der Waals surface area contributed by atoms with Gasteiger partial charge in [-0.25, -0.2) is 9.18 Å². The van der Waals surface area contributed by atoms with Crippen molar-refractivity contribution in [2.45, 2.75) is 43.6 Å². The molecule has 6 heteroatoms. The predicted molar refractivity (Wildman–Crippen MR) is 92.6 cm³/mol. The minimum atomic E-state index is -0.217. The zero-order valence-corrected chi connectivity index (χ0v) is 14.2. The van der Waals surface area contributed by atoms with Gasteiger partial charge in [-0.05, 0) is 55.9 Å². The molecular formula is C19H23FN4O. The molecule has 1 aromatic heterocycles. The number of benzene rings is 1. The summed E-state index contributed by atoms with van der Waals surface area (Å²) < 4.78 is 13.5. The number of nitrogens with one attached hydrogen (secondary N) is 2. The largest absolute Gasteiger partial charge is 0.337 e. The lowest BCUT2D eigenvalue weighted by Crippen LogP contribution is -2.46. The number of piperidine rings is 1. The lowest BCUT2D eigenvalue weighted by atomic mass is 9.96. The highest BCUT2D eigenvalue weighted by molar-refractivity contribution is 5.75. The molecule has 0 bridgehead atoms. The fourth-order valence-corrected chi connectivity index (χ4v) is 3.83. The normalized spacial score (nSPS) is 21.8. The Bertz CT molecular complexity index is 742. The third-order valence-electron chi connectivity index (χ3n) is 5.51. The second-order valence-electron chi connectivity index (χ2n) is 7.17. The van der Waals surface area contributed by atoms with Crippen molar-refractivity contribution in [1.29, 1.82) is 0 Å². The first-order valence-electron chi connectivity index (χ1n) is 8.98. The van der Waals surface area contributed by atoms with Crippen molar-refractivity contribution in [2.75, 3.05) is 13.1 Å². The van der Waals surface area contributed by atoms with E-state index in [0.29, 0.717) is 6.54 Å². The molecule has 2 aromatic rings. The maximum atomic E-state index is 13.5. The van der Waals surface area contributed by atoms with Gasteiger partial charge in [-0.15, -0.1) is 0 Å². The van der Waals surface area contributed by atoms with Gasteiger partial charge in [-0.2, -0.15) is 5.10 Å². The number of nitrogens with zero attached hydrogens (tertiary/aromatic N) is 2. The summed E-state index contributed by atoms with van der Waals surface area (Å²) in [5.41, 5.74) is 1.87. The summed E-state index contributed by atoms with van der Waals surface area (Å²) >= 11 is 0. The maximum Gasteiger partial charge on any atom is 0.317 e. The van der Waals surface area contributed by atoms with Crippen LogP contribution in [0.5, 0.6) is 0 Å². The number of urea groups is 1. The van der Waals surface area contributed by atoms with Gasteiger partial charge < -0.3 is 10.2 Å². The molecule has 1 atom stereocenters. The van der Waals surface area contributed by atoms with E-state index in [9.17, 15) is 9.18 Å². The van der Waals surface area contributed by atoms with Crippen molar-refractivity contribution < 1.29 is 9.18 Å². The van der Waals surface area contributed by atoms with E-state index in [1.807, 2.05) is 17.0 Å². The Balaban J connectivity index is 1.43. The van der Waals surface area contributed by atoms with Crippen molar-refractivity contribution in [2.24, 2.45) is 0 Å². The molecule has 1 aromatic carbocycles. The van der Waals surface area contributed by atoms with Crippen molar-refractivity contribution >= 4 is 6.03 Å². The van der Waals surface area contributed by atoms with E-state index < -0.39 is 0 Å². The van der Waals surface area contributed by atoms with Crippen molar-refractivity contribution in [1.82, 2.24) is 20.4 Å². The molecule has 4 rings (SSSR count). The van der Waals surface area contributed by atoms with Gasteiger partial charge in [0.25, 0.3) is 0 Å². The van der Waals surface area contributed by atoms with E-state index in [0.717, 1.165) is 49.9 Å². The fourth-order valence-electron chi connectivity index (χ4n) is 3.83. The molecule has 1 aliphatic heterocycles. The summed E-state index contributed by atoms with van der Waals surface area (Å²) in [5, 5.41) is 10.1. The van der Waals surface area contributed by atoms with Gasteiger partial charge in [0, 0.05) is 24.7 Å². The Morgan fingerprint density at radius 1 is 1.36 bits per heavy atom. The van der Waals surface area contributed by atoms with Crippen molar-refractivity contribution in [3.63, 3.8) is 0 Å². The van der Waals surface area contributed by atoms with Crippen LogP contribution in [0.4, 0.5) is 9.18 Å². The van der Waals surface area contributed by atoms with Gasteiger partial charge in [0.05, 0.1) is 11.7 Å². The van der Waals surface area contributed by atoms with Crippen LogP contribution >= 0.6 is 0 Å². The summed E-state index contributed by atoms with van der Waals surface area (Å²) in [6, 6.07) is 8.70. The molecule has 2 heterocycles. The van der Waals surface area contributed by atoms with Crippen LogP contribution in [0.2, 0.25) is 0 Å². The molecule has 5 nitrogen and oxygen atoms in total. The molecule has 0 radical (unpaired) electrons. The Hall–Kier alpha value is -2.37. The summed E-state index contributed by atoms with van der Waals surface area (Å²) in [6.45, 7) is 1.31. The van der Waals surface area contributed by atoms with E-state index in [-0.39, 0.29) is 23.3 Å². The molecule has 1 saturated carbocycles. The lowest BCUT2D eigenvalue weighted by Gasteiger charge is -2.35. The van der Waals surface area contributed by atoms with E-state index in [4.69, 9.17) is 0 Å². The number of amides is 2. The maximum absolute atomic E-state index is 13.5.